The number of nitrogens with zero attached hydrogens (tertiary/aromatic N) is 5. The molecule has 186 valence electrons. The lowest BCUT2D eigenvalue weighted by molar-refractivity contribution is 0.881. The van der Waals surface area contributed by atoms with Crippen LogP contribution < -0.4 is 10.8 Å². The SMILES string of the molecule is Cc1ccc(-n2c(=S)n(-c3ccccc3C)c3nc4ccccc4nc2c3=NNc2ccc(Cl)cc2)cc1. The first kappa shape index (κ1) is 24.0. The van der Waals surface area contributed by atoms with E-state index in [1.807, 2.05) is 88.0 Å². The van der Waals surface area contributed by atoms with Crippen LogP contribution in [0, 0.1) is 18.6 Å². The summed E-state index contributed by atoms with van der Waals surface area (Å²) in [6.45, 7) is 4.12. The third-order valence-electron chi connectivity index (χ3n) is 6.35. The first-order valence-corrected chi connectivity index (χ1v) is 12.9. The van der Waals surface area contributed by atoms with E-state index < -0.39 is 0 Å². The van der Waals surface area contributed by atoms with Gasteiger partial charge in [-0.3, -0.25) is 14.6 Å². The van der Waals surface area contributed by atoms with Crippen LogP contribution in [0.5, 0.6) is 0 Å². The highest BCUT2D eigenvalue weighted by Gasteiger charge is 2.17. The molecule has 0 radical (unpaired) electrons. The number of nitrogens with one attached hydrogen (secondary N) is 1. The second-order valence-electron chi connectivity index (χ2n) is 9.01. The molecule has 0 saturated carbocycles. The summed E-state index contributed by atoms with van der Waals surface area (Å²) in [5.74, 6) is 0. The first-order valence-electron chi connectivity index (χ1n) is 12.1. The van der Waals surface area contributed by atoms with Crippen LogP contribution in [0.1, 0.15) is 11.1 Å². The summed E-state index contributed by atoms with van der Waals surface area (Å²) < 4.78 is 4.48. The Morgan fingerprint density at radius 2 is 1.34 bits per heavy atom. The van der Waals surface area contributed by atoms with E-state index in [1.54, 1.807) is 0 Å². The van der Waals surface area contributed by atoms with E-state index >= 15 is 0 Å². The molecule has 0 spiro atoms. The minimum absolute atomic E-state index is 0.541. The fourth-order valence-corrected chi connectivity index (χ4v) is 4.89. The summed E-state index contributed by atoms with van der Waals surface area (Å²) in [6, 6.07) is 31.5. The topological polar surface area (TPSA) is 60.0 Å². The van der Waals surface area contributed by atoms with Crippen LogP contribution in [-0.4, -0.2) is 19.1 Å². The van der Waals surface area contributed by atoms with Gasteiger partial charge in [0, 0.05) is 10.7 Å². The summed E-state index contributed by atoms with van der Waals surface area (Å²) in [7, 11) is 0. The van der Waals surface area contributed by atoms with Crippen LogP contribution >= 0.6 is 23.8 Å². The third-order valence-corrected chi connectivity index (χ3v) is 6.97. The van der Waals surface area contributed by atoms with Crippen molar-refractivity contribution >= 4 is 51.8 Å². The van der Waals surface area contributed by atoms with E-state index in [0.717, 1.165) is 39.2 Å². The summed E-state index contributed by atoms with van der Waals surface area (Å²) in [5.41, 5.74) is 10.7. The molecule has 38 heavy (non-hydrogen) atoms. The van der Waals surface area contributed by atoms with E-state index in [4.69, 9.17) is 38.9 Å². The van der Waals surface area contributed by atoms with Gasteiger partial charge in [-0.2, -0.15) is 5.10 Å². The van der Waals surface area contributed by atoms with Crippen LogP contribution in [0.2, 0.25) is 5.02 Å². The molecule has 2 heterocycles. The zero-order chi connectivity index (χ0) is 26.2. The maximum absolute atomic E-state index is 6.18. The molecule has 8 heteroatoms. The van der Waals surface area contributed by atoms with Crippen LogP contribution in [0.4, 0.5) is 5.69 Å². The standard InChI is InChI=1S/C30H23ClN6S/c1-19-11-17-23(18-12-19)36-28-27(35-34-22-15-13-21(31)14-16-22)29(33-25-9-5-4-8-24(25)32-28)37(30(36)38)26-10-6-3-7-20(26)2/h3-18,34H,1-2H3. The van der Waals surface area contributed by atoms with Crippen molar-refractivity contribution < 1.29 is 0 Å². The minimum atomic E-state index is 0.541. The Balaban J connectivity index is 1.81. The van der Waals surface area contributed by atoms with Crippen LogP contribution in [0.15, 0.2) is 102 Å². The predicted molar refractivity (Wildman–Crippen MR) is 157 cm³/mol. The Bertz CT molecular complexity index is 1940. The number of aromatic nitrogens is 4. The van der Waals surface area contributed by atoms with Crippen molar-refractivity contribution in [3.8, 4) is 11.4 Å². The molecule has 0 atom stereocenters. The predicted octanol–water partition coefficient (Wildman–Crippen LogP) is 7.29. The van der Waals surface area contributed by atoms with Gasteiger partial charge in [-0.1, -0.05) is 59.6 Å². The highest BCUT2D eigenvalue weighted by atomic mass is 35.5. The van der Waals surface area contributed by atoms with E-state index in [-0.39, 0.29) is 0 Å². The van der Waals surface area contributed by atoms with Gasteiger partial charge in [0.25, 0.3) is 0 Å². The van der Waals surface area contributed by atoms with Gasteiger partial charge in [0.2, 0.25) is 0 Å². The molecule has 0 amide bonds. The Hall–Kier alpha value is -4.33. The first-order chi connectivity index (χ1) is 18.5. The lowest BCUT2D eigenvalue weighted by atomic mass is 10.2. The van der Waals surface area contributed by atoms with Gasteiger partial charge in [-0.25, -0.2) is 9.97 Å². The molecule has 6 nitrogen and oxygen atoms in total. The molecule has 2 aromatic heterocycles. The summed E-state index contributed by atoms with van der Waals surface area (Å²) >= 11 is 12.3. The van der Waals surface area contributed by atoms with Gasteiger partial charge < -0.3 is 0 Å². The molecule has 4 aromatic carbocycles. The second kappa shape index (κ2) is 9.85. The molecular weight excluding hydrogens is 512 g/mol. The maximum Gasteiger partial charge on any atom is 0.192 e. The highest BCUT2D eigenvalue weighted by Crippen LogP contribution is 2.22. The number of hydrogen-bond donors (Lipinski definition) is 1. The normalized spacial score (nSPS) is 11.8. The monoisotopic (exact) mass is 534 g/mol. The Labute approximate surface area is 229 Å². The van der Waals surface area contributed by atoms with Crippen LogP contribution in [0.25, 0.3) is 33.7 Å². The van der Waals surface area contributed by atoms with E-state index in [2.05, 4.69) is 37.5 Å². The zero-order valence-electron chi connectivity index (χ0n) is 20.8. The fourth-order valence-electron chi connectivity index (χ4n) is 4.38. The Kier molecular flexibility index (Phi) is 6.23. The zero-order valence-corrected chi connectivity index (χ0v) is 22.3. The molecule has 0 aliphatic carbocycles. The fraction of sp³-hybridized carbons (Fsp3) is 0.0667. The quantitative estimate of drug-likeness (QED) is 0.190. The van der Waals surface area contributed by atoms with E-state index in [1.165, 1.54) is 0 Å². The summed E-state index contributed by atoms with van der Waals surface area (Å²) in [5, 5.41) is 6.08. The number of anilines is 1. The van der Waals surface area contributed by atoms with Crippen molar-refractivity contribution in [1.29, 1.82) is 0 Å². The van der Waals surface area contributed by atoms with E-state index in [0.29, 0.717) is 26.4 Å². The summed E-state index contributed by atoms with van der Waals surface area (Å²) in [4.78, 5) is 10.2. The van der Waals surface area contributed by atoms with Crippen molar-refractivity contribution in [1.82, 2.24) is 19.1 Å². The lowest BCUT2D eigenvalue weighted by Gasteiger charge is -2.17. The van der Waals surface area contributed by atoms with Crippen LogP contribution in [0.3, 0.4) is 0 Å². The highest BCUT2D eigenvalue weighted by molar-refractivity contribution is 7.71. The number of hydrogen-bond acceptors (Lipinski definition) is 5. The maximum atomic E-state index is 6.18. The van der Waals surface area contributed by atoms with Crippen molar-refractivity contribution in [2.24, 2.45) is 5.10 Å². The molecular formula is C30H23ClN6S. The largest absolute Gasteiger partial charge is 0.278 e. The van der Waals surface area contributed by atoms with Crippen molar-refractivity contribution in [3.05, 3.63) is 123 Å². The van der Waals surface area contributed by atoms with Crippen molar-refractivity contribution in [3.63, 3.8) is 0 Å². The lowest BCUT2D eigenvalue weighted by Crippen LogP contribution is -2.23. The smallest absolute Gasteiger partial charge is 0.192 e. The number of aryl methyl sites for hydroxylation is 2. The number of fused-ring (bicyclic) bond motifs is 3. The number of halogens is 1. The average molecular weight is 535 g/mol. The molecule has 0 aliphatic heterocycles. The molecule has 1 N–H and O–H groups in total. The van der Waals surface area contributed by atoms with Gasteiger partial charge >= 0.3 is 0 Å². The number of rotatable bonds is 4. The molecule has 6 rings (SSSR count). The molecule has 0 unspecified atom stereocenters. The average Bonchev–Trinajstić information content (AvgIpc) is 3.04. The molecule has 2 bridgehead atoms. The van der Waals surface area contributed by atoms with Crippen molar-refractivity contribution in [2.45, 2.75) is 13.8 Å². The molecule has 0 saturated heterocycles. The Morgan fingerprint density at radius 1 is 0.737 bits per heavy atom. The van der Waals surface area contributed by atoms with Gasteiger partial charge in [-0.05, 0) is 86.2 Å². The van der Waals surface area contributed by atoms with Crippen molar-refractivity contribution in [2.75, 3.05) is 5.43 Å². The van der Waals surface area contributed by atoms with Crippen LogP contribution in [-0.2, 0) is 0 Å². The van der Waals surface area contributed by atoms with Gasteiger partial charge in [0.1, 0.15) is 0 Å². The minimum Gasteiger partial charge on any atom is -0.278 e. The van der Waals surface area contributed by atoms with Gasteiger partial charge in [0.05, 0.1) is 22.4 Å². The molecule has 0 aliphatic rings. The third kappa shape index (κ3) is 4.36. The summed E-state index contributed by atoms with van der Waals surface area (Å²) in [6.07, 6.45) is 0. The molecule has 0 fully saturated rings. The van der Waals surface area contributed by atoms with E-state index in [9.17, 15) is 0 Å². The second-order valence-corrected chi connectivity index (χ2v) is 9.82. The number of para-hydroxylation sites is 3. The van der Waals surface area contributed by atoms with Gasteiger partial charge in [0.15, 0.2) is 21.4 Å². The molecule has 6 aromatic rings. The number of benzene rings is 4. The Morgan fingerprint density at radius 3 is 2.00 bits per heavy atom. The van der Waals surface area contributed by atoms with Gasteiger partial charge in [-0.15, -0.1) is 0 Å².